The molecule has 1 amide bonds. The third-order valence-corrected chi connectivity index (χ3v) is 4.29. The summed E-state index contributed by atoms with van der Waals surface area (Å²) in [6, 6.07) is 7.91. The summed E-state index contributed by atoms with van der Waals surface area (Å²) in [5, 5.41) is 8.93. The van der Waals surface area contributed by atoms with E-state index in [4.69, 9.17) is 4.74 Å². The Hall–Kier alpha value is -1.89. The molecule has 1 aromatic carbocycles. The topological polar surface area (TPSA) is 60.2 Å². The molecule has 1 aromatic heterocycles. The molecule has 2 aromatic rings. The van der Waals surface area contributed by atoms with Gasteiger partial charge in [-0.05, 0) is 45.7 Å². The van der Waals surface area contributed by atoms with Gasteiger partial charge in [-0.15, -0.1) is 0 Å². The van der Waals surface area contributed by atoms with Crippen molar-refractivity contribution in [2.75, 3.05) is 6.54 Å². The maximum Gasteiger partial charge on any atom is 0.412 e. The fraction of sp³-hybridized carbons (Fsp3) is 0.471. The summed E-state index contributed by atoms with van der Waals surface area (Å²) in [6.45, 7) is 6.27. The standard InChI is InChI=1S/C17H21BrN4O2/c1-17(2,3)24-16(23)21-10-4-5-15(21)22-19-11-14(20-22)12-6-8-13(18)9-7-12/h6-9,11,15H,4-5,10H2,1-3H3. The largest absolute Gasteiger partial charge is 0.444 e. The number of likely N-dealkylation sites (tertiary alicyclic amines) is 1. The summed E-state index contributed by atoms with van der Waals surface area (Å²) < 4.78 is 6.51. The number of amides is 1. The molecule has 0 bridgehead atoms. The maximum atomic E-state index is 12.4. The highest BCUT2D eigenvalue weighted by Gasteiger charge is 2.34. The molecule has 0 spiro atoms. The molecule has 0 aliphatic carbocycles. The second-order valence-corrected chi connectivity index (χ2v) is 7.77. The molecule has 3 rings (SSSR count). The zero-order valence-corrected chi connectivity index (χ0v) is 15.7. The van der Waals surface area contributed by atoms with Gasteiger partial charge in [-0.3, -0.25) is 4.90 Å². The molecule has 7 heteroatoms. The van der Waals surface area contributed by atoms with Crippen LogP contribution in [0, 0.1) is 0 Å². The fourth-order valence-electron chi connectivity index (χ4n) is 2.70. The summed E-state index contributed by atoms with van der Waals surface area (Å²) >= 11 is 3.43. The number of nitrogens with zero attached hydrogens (tertiary/aromatic N) is 4. The second kappa shape index (κ2) is 6.55. The molecule has 0 saturated carbocycles. The zero-order chi connectivity index (χ0) is 17.3. The van der Waals surface area contributed by atoms with E-state index in [1.165, 1.54) is 0 Å². The van der Waals surface area contributed by atoms with Crippen LogP contribution < -0.4 is 0 Å². The van der Waals surface area contributed by atoms with E-state index in [9.17, 15) is 4.79 Å². The summed E-state index contributed by atoms with van der Waals surface area (Å²) in [5.41, 5.74) is 1.27. The lowest BCUT2D eigenvalue weighted by atomic mass is 10.2. The van der Waals surface area contributed by atoms with Crippen molar-refractivity contribution in [1.29, 1.82) is 0 Å². The van der Waals surface area contributed by atoms with E-state index in [2.05, 4.69) is 26.1 Å². The van der Waals surface area contributed by atoms with Crippen molar-refractivity contribution in [3.63, 3.8) is 0 Å². The molecule has 1 fully saturated rings. The highest BCUT2D eigenvalue weighted by atomic mass is 79.9. The van der Waals surface area contributed by atoms with Gasteiger partial charge in [-0.1, -0.05) is 28.1 Å². The van der Waals surface area contributed by atoms with Gasteiger partial charge in [-0.2, -0.15) is 15.0 Å². The van der Waals surface area contributed by atoms with E-state index in [-0.39, 0.29) is 12.3 Å². The minimum Gasteiger partial charge on any atom is -0.444 e. The van der Waals surface area contributed by atoms with Crippen molar-refractivity contribution in [2.24, 2.45) is 0 Å². The molecule has 1 atom stereocenters. The third kappa shape index (κ3) is 3.77. The van der Waals surface area contributed by atoms with Crippen molar-refractivity contribution in [3.8, 4) is 11.3 Å². The predicted octanol–water partition coefficient (Wildman–Crippen LogP) is 4.24. The van der Waals surface area contributed by atoms with Gasteiger partial charge >= 0.3 is 6.09 Å². The van der Waals surface area contributed by atoms with Crippen molar-refractivity contribution in [3.05, 3.63) is 34.9 Å². The molecule has 128 valence electrons. The average Bonchev–Trinajstić information content (AvgIpc) is 3.15. The van der Waals surface area contributed by atoms with Gasteiger partial charge in [-0.25, -0.2) is 4.79 Å². The summed E-state index contributed by atoms with van der Waals surface area (Å²) in [7, 11) is 0. The van der Waals surface area contributed by atoms with Gasteiger partial charge in [0.05, 0.1) is 6.20 Å². The van der Waals surface area contributed by atoms with Crippen LogP contribution in [0.1, 0.15) is 39.8 Å². The number of benzene rings is 1. The number of halogens is 1. The molecule has 1 aliphatic heterocycles. The lowest BCUT2D eigenvalue weighted by Crippen LogP contribution is -2.38. The number of hydrogen-bond donors (Lipinski definition) is 0. The summed E-state index contributed by atoms with van der Waals surface area (Å²) in [5.74, 6) is 0. The zero-order valence-electron chi connectivity index (χ0n) is 14.1. The molecule has 0 radical (unpaired) electrons. The normalized spacial score (nSPS) is 18.0. The molecule has 2 heterocycles. The van der Waals surface area contributed by atoms with Crippen LogP contribution in [-0.2, 0) is 4.74 Å². The van der Waals surface area contributed by atoms with E-state index < -0.39 is 5.60 Å². The Morgan fingerprint density at radius 2 is 2.00 bits per heavy atom. The van der Waals surface area contributed by atoms with Crippen LogP contribution in [-0.4, -0.2) is 38.1 Å². The minimum absolute atomic E-state index is 0.191. The van der Waals surface area contributed by atoms with E-state index in [0.717, 1.165) is 28.6 Å². The second-order valence-electron chi connectivity index (χ2n) is 6.85. The first-order chi connectivity index (χ1) is 11.3. The van der Waals surface area contributed by atoms with E-state index in [1.54, 1.807) is 15.9 Å². The van der Waals surface area contributed by atoms with Gasteiger partial charge < -0.3 is 4.74 Å². The Kier molecular flexibility index (Phi) is 4.62. The van der Waals surface area contributed by atoms with Crippen LogP contribution in [0.3, 0.4) is 0 Å². The van der Waals surface area contributed by atoms with Crippen LogP contribution in [0.15, 0.2) is 34.9 Å². The molecule has 24 heavy (non-hydrogen) atoms. The monoisotopic (exact) mass is 392 g/mol. The number of hydrogen-bond acceptors (Lipinski definition) is 4. The number of ether oxygens (including phenoxy) is 1. The lowest BCUT2D eigenvalue weighted by Gasteiger charge is -2.27. The Morgan fingerprint density at radius 1 is 1.29 bits per heavy atom. The highest BCUT2D eigenvalue weighted by molar-refractivity contribution is 9.10. The predicted molar refractivity (Wildman–Crippen MR) is 94.4 cm³/mol. The summed E-state index contributed by atoms with van der Waals surface area (Å²) in [6.07, 6.45) is 2.97. The Morgan fingerprint density at radius 3 is 2.67 bits per heavy atom. The van der Waals surface area contributed by atoms with Crippen molar-refractivity contribution < 1.29 is 9.53 Å². The SMILES string of the molecule is CC(C)(C)OC(=O)N1CCCC1n1ncc(-c2ccc(Br)cc2)n1. The highest BCUT2D eigenvalue weighted by Crippen LogP contribution is 2.28. The first kappa shape index (κ1) is 17.0. The van der Waals surface area contributed by atoms with E-state index in [1.807, 2.05) is 45.0 Å². The van der Waals surface area contributed by atoms with Crippen LogP contribution in [0.2, 0.25) is 0 Å². The lowest BCUT2D eigenvalue weighted by molar-refractivity contribution is 0.0132. The molecule has 1 unspecified atom stereocenters. The van der Waals surface area contributed by atoms with Crippen LogP contribution in [0.4, 0.5) is 4.79 Å². The van der Waals surface area contributed by atoms with E-state index in [0.29, 0.717) is 6.54 Å². The number of carbonyl (C=O) groups is 1. The van der Waals surface area contributed by atoms with Crippen LogP contribution in [0.5, 0.6) is 0 Å². The van der Waals surface area contributed by atoms with Gasteiger partial charge in [0, 0.05) is 16.6 Å². The quantitative estimate of drug-likeness (QED) is 0.766. The number of carbonyl (C=O) groups excluding carboxylic acids is 1. The molecular weight excluding hydrogens is 372 g/mol. The number of aromatic nitrogens is 3. The molecule has 6 nitrogen and oxygen atoms in total. The summed E-state index contributed by atoms with van der Waals surface area (Å²) in [4.78, 5) is 15.7. The maximum absolute atomic E-state index is 12.4. The number of rotatable bonds is 2. The van der Waals surface area contributed by atoms with Crippen LogP contribution >= 0.6 is 15.9 Å². The van der Waals surface area contributed by atoms with Gasteiger partial charge in [0.2, 0.25) is 0 Å². The van der Waals surface area contributed by atoms with Gasteiger partial charge in [0.15, 0.2) is 0 Å². The molecule has 0 N–H and O–H groups in total. The van der Waals surface area contributed by atoms with Crippen molar-refractivity contribution in [1.82, 2.24) is 19.9 Å². The third-order valence-electron chi connectivity index (χ3n) is 3.76. The first-order valence-electron chi connectivity index (χ1n) is 8.01. The molecule has 1 aliphatic rings. The Bertz CT molecular complexity index is 721. The van der Waals surface area contributed by atoms with Crippen LogP contribution in [0.25, 0.3) is 11.3 Å². The Balaban J connectivity index is 1.78. The molecular formula is C17H21BrN4O2. The van der Waals surface area contributed by atoms with E-state index >= 15 is 0 Å². The van der Waals surface area contributed by atoms with Gasteiger partial charge in [0.1, 0.15) is 17.5 Å². The Labute approximate surface area is 149 Å². The first-order valence-corrected chi connectivity index (χ1v) is 8.80. The van der Waals surface area contributed by atoms with Crippen molar-refractivity contribution in [2.45, 2.75) is 45.4 Å². The molecule has 1 saturated heterocycles. The average molecular weight is 393 g/mol. The minimum atomic E-state index is -0.510. The smallest absolute Gasteiger partial charge is 0.412 e. The van der Waals surface area contributed by atoms with Crippen molar-refractivity contribution >= 4 is 22.0 Å². The fourth-order valence-corrected chi connectivity index (χ4v) is 2.96. The van der Waals surface area contributed by atoms with Gasteiger partial charge in [0.25, 0.3) is 0 Å².